The highest BCUT2D eigenvalue weighted by molar-refractivity contribution is 9.10. The van der Waals surface area contributed by atoms with E-state index in [4.69, 9.17) is 27.9 Å². The van der Waals surface area contributed by atoms with Gasteiger partial charge in [0.1, 0.15) is 5.75 Å². The highest BCUT2D eigenvalue weighted by atomic mass is 79.9. The molecule has 0 aliphatic carbocycles. The Kier molecular flexibility index (Phi) is 6.79. The van der Waals surface area contributed by atoms with Crippen molar-refractivity contribution in [1.82, 2.24) is 4.57 Å². The van der Waals surface area contributed by atoms with Crippen LogP contribution in [0, 0.1) is 0 Å². The summed E-state index contributed by atoms with van der Waals surface area (Å²) in [5.74, 6) is -0.277. The van der Waals surface area contributed by atoms with Gasteiger partial charge in [-0.1, -0.05) is 63.4 Å². The third-order valence-electron chi connectivity index (χ3n) is 4.68. The first-order valence-corrected chi connectivity index (χ1v) is 11.0. The van der Waals surface area contributed by atoms with E-state index in [1.165, 1.54) is 0 Å². The Morgan fingerprint density at radius 3 is 2.66 bits per heavy atom. The van der Waals surface area contributed by atoms with Gasteiger partial charge in [-0.05, 0) is 48.0 Å². The van der Waals surface area contributed by atoms with Gasteiger partial charge in [0.05, 0.1) is 12.1 Å². The van der Waals surface area contributed by atoms with E-state index in [0.717, 1.165) is 15.6 Å². The number of benzene rings is 3. The number of nitrogens with zero attached hydrogens (tertiary/aromatic N) is 3. The number of hydrogen-bond acceptors (Lipinski definition) is 4. The molecule has 9 heteroatoms. The molecule has 0 saturated carbocycles. The molecule has 0 spiro atoms. The summed E-state index contributed by atoms with van der Waals surface area (Å²) in [6.07, 6.45) is 0. The molecule has 1 N–H and O–H groups in total. The van der Waals surface area contributed by atoms with E-state index < -0.39 is 5.91 Å². The molecule has 0 saturated heterocycles. The minimum absolute atomic E-state index is 0.120. The smallest absolute Gasteiger partial charge is 0.302 e. The van der Waals surface area contributed by atoms with Crippen molar-refractivity contribution < 1.29 is 14.6 Å². The Morgan fingerprint density at radius 1 is 1.06 bits per heavy atom. The summed E-state index contributed by atoms with van der Waals surface area (Å²) in [5.41, 5.74) is 1.74. The van der Waals surface area contributed by atoms with E-state index in [9.17, 15) is 9.90 Å². The number of carbonyl (C=O) groups is 1. The average Bonchev–Trinajstić information content (AvgIpc) is 3.02. The number of fused-ring (bicyclic) bond motifs is 1. The van der Waals surface area contributed by atoms with Gasteiger partial charge in [0.2, 0.25) is 5.88 Å². The maximum Gasteiger partial charge on any atom is 0.302 e. The van der Waals surface area contributed by atoms with Crippen LogP contribution in [0.25, 0.3) is 10.9 Å². The first-order valence-electron chi connectivity index (χ1n) is 9.49. The normalized spacial score (nSPS) is 11.3. The Balaban J connectivity index is 1.61. The number of aromatic hydroxyl groups is 1. The van der Waals surface area contributed by atoms with E-state index in [2.05, 4.69) is 26.2 Å². The van der Waals surface area contributed by atoms with Crippen molar-refractivity contribution in [2.75, 3.05) is 6.61 Å². The molecule has 0 bridgehead atoms. The van der Waals surface area contributed by atoms with Gasteiger partial charge in [-0.15, -0.1) is 10.2 Å². The van der Waals surface area contributed by atoms with Crippen molar-refractivity contribution in [2.24, 2.45) is 10.2 Å². The molecule has 0 aliphatic rings. The van der Waals surface area contributed by atoms with Crippen molar-refractivity contribution >= 4 is 61.6 Å². The lowest BCUT2D eigenvalue weighted by molar-refractivity contribution is -0.120. The van der Waals surface area contributed by atoms with Crippen molar-refractivity contribution in [2.45, 2.75) is 6.54 Å². The Bertz CT molecular complexity index is 1340. The van der Waals surface area contributed by atoms with Crippen LogP contribution in [0.15, 0.2) is 81.4 Å². The molecule has 162 valence electrons. The summed E-state index contributed by atoms with van der Waals surface area (Å²) in [6.45, 7) is 0.0115. The minimum Gasteiger partial charge on any atom is -0.493 e. The zero-order valence-electron chi connectivity index (χ0n) is 16.5. The summed E-state index contributed by atoms with van der Waals surface area (Å²) >= 11 is 15.6. The largest absolute Gasteiger partial charge is 0.493 e. The quantitative estimate of drug-likeness (QED) is 0.268. The van der Waals surface area contributed by atoms with Crippen LogP contribution in [0.2, 0.25) is 10.0 Å². The van der Waals surface area contributed by atoms with Gasteiger partial charge in [0.25, 0.3) is 0 Å². The fraction of sp³-hybridized carbons (Fsp3) is 0.0870. The van der Waals surface area contributed by atoms with Crippen LogP contribution < -0.4 is 4.74 Å². The average molecular weight is 533 g/mol. The molecule has 3 aromatic carbocycles. The zero-order chi connectivity index (χ0) is 22.7. The fourth-order valence-electron chi connectivity index (χ4n) is 3.19. The molecule has 4 rings (SSSR count). The predicted molar refractivity (Wildman–Crippen MR) is 128 cm³/mol. The summed E-state index contributed by atoms with van der Waals surface area (Å²) in [7, 11) is 0. The van der Waals surface area contributed by atoms with Gasteiger partial charge in [-0.2, -0.15) is 0 Å². The Labute approximate surface area is 202 Å². The van der Waals surface area contributed by atoms with Crippen molar-refractivity contribution in [3.8, 4) is 11.6 Å². The maximum absolute atomic E-state index is 12.2. The molecule has 1 heterocycles. The van der Waals surface area contributed by atoms with Crippen LogP contribution in [0.4, 0.5) is 5.69 Å². The highest BCUT2D eigenvalue weighted by Crippen LogP contribution is 2.40. The molecule has 0 fully saturated rings. The summed E-state index contributed by atoms with van der Waals surface area (Å²) < 4.78 is 7.86. The van der Waals surface area contributed by atoms with Crippen molar-refractivity contribution in [3.63, 3.8) is 0 Å². The van der Waals surface area contributed by atoms with Crippen LogP contribution in [-0.4, -0.2) is 22.2 Å². The zero-order valence-corrected chi connectivity index (χ0v) is 19.6. The van der Waals surface area contributed by atoms with E-state index >= 15 is 0 Å². The molecule has 0 atom stereocenters. The van der Waals surface area contributed by atoms with E-state index in [1.807, 2.05) is 30.3 Å². The van der Waals surface area contributed by atoms with Crippen LogP contribution in [-0.2, 0) is 11.3 Å². The number of halogens is 3. The number of amides is 1. The number of rotatable bonds is 6. The molecular weight excluding hydrogens is 517 g/mol. The van der Waals surface area contributed by atoms with E-state index in [1.54, 1.807) is 41.0 Å². The molecule has 4 aromatic rings. The van der Waals surface area contributed by atoms with Gasteiger partial charge in [-0.3, -0.25) is 4.79 Å². The highest BCUT2D eigenvalue weighted by Gasteiger charge is 2.18. The maximum atomic E-state index is 12.2. The van der Waals surface area contributed by atoms with Crippen molar-refractivity contribution in [1.29, 1.82) is 0 Å². The van der Waals surface area contributed by atoms with Crippen LogP contribution in [0.3, 0.4) is 0 Å². The van der Waals surface area contributed by atoms with Gasteiger partial charge < -0.3 is 14.4 Å². The number of aromatic nitrogens is 1. The lowest BCUT2D eigenvalue weighted by Gasteiger charge is -2.08. The fourth-order valence-corrected chi connectivity index (χ4v) is 3.92. The minimum atomic E-state index is -0.605. The Hall–Kier alpha value is -2.87. The molecule has 1 aromatic heterocycles. The molecule has 6 nitrogen and oxygen atoms in total. The standard InChI is InChI=1S/C23H16BrCl2N3O3/c24-15-8-9-20-18(10-15)22(23(31)29(20)12-14-4-1-2-7-19(14)26)28-27-21(30)13-32-17-6-3-5-16(25)11-17/h1-11,31H,12-13H2. The monoisotopic (exact) mass is 531 g/mol. The summed E-state index contributed by atoms with van der Waals surface area (Å²) in [4.78, 5) is 12.2. The first kappa shape index (κ1) is 22.3. The molecule has 32 heavy (non-hydrogen) atoms. The van der Waals surface area contributed by atoms with Gasteiger partial charge in [0.15, 0.2) is 12.3 Å². The summed E-state index contributed by atoms with van der Waals surface area (Å²) in [5, 5.41) is 20.4. The van der Waals surface area contributed by atoms with Crippen LogP contribution in [0.5, 0.6) is 11.6 Å². The Morgan fingerprint density at radius 2 is 1.88 bits per heavy atom. The first-order chi connectivity index (χ1) is 15.4. The SMILES string of the molecule is O=C(COc1cccc(Cl)c1)N=Nc1c(O)n(Cc2ccccc2Cl)c2ccc(Br)cc12. The number of azo groups is 1. The number of hydrogen-bond donors (Lipinski definition) is 1. The second kappa shape index (κ2) is 9.73. The molecular formula is C23H16BrCl2N3O3. The second-order valence-corrected chi connectivity index (χ2v) is 8.61. The lowest BCUT2D eigenvalue weighted by Crippen LogP contribution is -2.07. The molecule has 0 aliphatic heterocycles. The van der Waals surface area contributed by atoms with E-state index in [-0.39, 0.29) is 18.2 Å². The second-order valence-electron chi connectivity index (χ2n) is 6.85. The predicted octanol–water partition coefficient (Wildman–Crippen LogP) is 7.15. The van der Waals surface area contributed by atoms with Crippen LogP contribution in [0.1, 0.15) is 5.56 Å². The van der Waals surface area contributed by atoms with E-state index in [0.29, 0.717) is 27.7 Å². The number of ether oxygens (including phenoxy) is 1. The van der Waals surface area contributed by atoms with Crippen LogP contribution >= 0.6 is 39.1 Å². The van der Waals surface area contributed by atoms with Gasteiger partial charge in [-0.25, -0.2) is 0 Å². The topological polar surface area (TPSA) is 76.2 Å². The lowest BCUT2D eigenvalue weighted by atomic mass is 10.2. The van der Waals surface area contributed by atoms with Gasteiger partial charge in [0, 0.05) is 19.9 Å². The molecule has 0 unspecified atom stereocenters. The third-order valence-corrected chi connectivity index (χ3v) is 5.78. The molecule has 0 radical (unpaired) electrons. The third kappa shape index (κ3) is 4.96. The summed E-state index contributed by atoms with van der Waals surface area (Å²) in [6, 6.07) is 19.6. The van der Waals surface area contributed by atoms with Crippen molar-refractivity contribution in [3.05, 3.63) is 86.8 Å². The number of carbonyl (C=O) groups excluding carboxylic acids is 1. The molecule has 1 amide bonds. The van der Waals surface area contributed by atoms with Gasteiger partial charge >= 0.3 is 5.91 Å².